The van der Waals surface area contributed by atoms with Crippen molar-refractivity contribution in [3.63, 3.8) is 0 Å². The zero-order valence-corrected chi connectivity index (χ0v) is 9.64. The van der Waals surface area contributed by atoms with E-state index in [0.29, 0.717) is 6.54 Å². The van der Waals surface area contributed by atoms with Crippen molar-refractivity contribution in [2.24, 2.45) is 11.5 Å². The molecule has 0 heterocycles. The molecule has 0 aliphatic heterocycles. The van der Waals surface area contributed by atoms with Gasteiger partial charge >= 0.3 is 0 Å². The smallest absolute Gasteiger partial charge is 0.0318 e. The van der Waals surface area contributed by atoms with Gasteiger partial charge in [0.05, 0.1) is 0 Å². The fourth-order valence-corrected chi connectivity index (χ4v) is 1.69. The molecule has 0 radical (unpaired) electrons. The van der Waals surface area contributed by atoms with Gasteiger partial charge in [-0.15, -0.1) is 12.4 Å². The lowest BCUT2D eigenvalue weighted by molar-refractivity contribution is 0.659. The molecule has 2 nitrogen and oxygen atoms in total. The highest BCUT2D eigenvalue weighted by Gasteiger charge is 2.06. The van der Waals surface area contributed by atoms with Crippen molar-refractivity contribution >= 4 is 28.3 Å². The van der Waals surface area contributed by atoms with Gasteiger partial charge in [-0.05, 0) is 24.6 Å². The van der Waals surface area contributed by atoms with Crippen molar-refractivity contribution in [1.29, 1.82) is 0 Å². The second-order valence-corrected chi connectivity index (χ2v) is 3.56. The Morgan fingerprint density at radius 2 is 1.92 bits per heavy atom. The van der Waals surface area contributed by atoms with Gasteiger partial charge in [-0.1, -0.05) is 34.1 Å². The molecular formula is C9H14BrClN2. The van der Waals surface area contributed by atoms with Crippen LogP contribution in [0.2, 0.25) is 0 Å². The highest BCUT2D eigenvalue weighted by molar-refractivity contribution is 9.10. The van der Waals surface area contributed by atoms with E-state index in [0.717, 1.165) is 16.5 Å². The van der Waals surface area contributed by atoms with E-state index in [4.69, 9.17) is 11.5 Å². The monoisotopic (exact) mass is 264 g/mol. The molecule has 0 fully saturated rings. The van der Waals surface area contributed by atoms with Crippen LogP contribution in [0.3, 0.4) is 0 Å². The Hall–Kier alpha value is -0.0900. The van der Waals surface area contributed by atoms with Crippen LogP contribution in [-0.2, 0) is 0 Å². The Balaban J connectivity index is 0.00000144. The van der Waals surface area contributed by atoms with Gasteiger partial charge in [-0.3, -0.25) is 0 Å². The van der Waals surface area contributed by atoms with Crippen molar-refractivity contribution in [3.05, 3.63) is 34.3 Å². The Morgan fingerprint density at radius 3 is 2.46 bits per heavy atom. The summed E-state index contributed by atoms with van der Waals surface area (Å²) in [5.41, 5.74) is 12.4. The third kappa shape index (κ3) is 3.65. The van der Waals surface area contributed by atoms with E-state index < -0.39 is 0 Å². The number of rotatable bonds is 3. The summed E-state index contributed by atoms with van der Waals surface area (Å²) in [6.45, 7) is 0.627. The van der Waals surface area contributed by atoms with Crippen LogP contribution in [0.4, 0.5) is 0 Å². The van der Waals surface area contributed by atoms with Gasteiger partial charge in [0.1, 0.15) is 0 Å². The Labute approximate surface area is 93.2 Å². The lowest BCUT2D eigenvalue weighted by Crippen LogP contribution is -2.15. The molecule has 1 atom stereocenters. The van der Waals surface area contributed by atoms with Crippen LogP contribution in [0, 0.1) is 0 Å². The first kappa shape index (κ1) is 12.9. The van der Waals surface area contributed by atoms with Crippen LogP contribution in [0.25, 0.3) is 0 Å². The van der Waals surface area contributed by atoms with E-state index in [1.54, 1.807) is 0 Å². The van der Waals surface area contributed by atoms with Gasteiger partial charge in [0, 0.05) is 10.5 Å². The molecule has 74 valence electrons. The number of hydrogen-bond donors (Lipinski definition) is 2. The lowest BCUT2D eigenvalue weighted by atomic mass is 10.1. The molecule has 4 N–H and O–H groups in total. The third-order valence-corrected chi connectivity index (χ3v) is 2.50. The number of halogens is 2. The molecule has 0 bridgehead atoms. The van der Waals surface area contributed by atoms with E-state index in [-0.39, 0.29) is 18.4 Å². The number of hydrogen-bond acceptors (Lipinski definition) is 2. The molecule has 0 saturated carbocycles. The summed E-state index contributed by atoms with van der Waals surface area (Å²) in [5, 5.41) is 0. The number of nitrogens with two attached hydrogens (primary N) is 2. The maximum atomic E-state index is 5.90. The zero-order chi connectivity index (χ0) is 8.97. The highest BCUT2D eigenvalue weighted by Crippen LogP contribution is 2.22. The first-order chi connectivity index (χ1) is 5.75. The molecule has 4 heteroatoms. The van der Waals surface area contributed by atoms with Crippen molar-refractivity contribution in [3.8, 4) is 0 Å². The topological polar surface area (TPSA) is 52.0 Å². The normalized spacial score (nSPS) is 11.9. The van der Waals surface area contributed by atoms with Crippen molar-refractivity contribution in [2.75, 3.05) is 6.54 Å². The van der Waals surface area contributed by atoms with Gasteiger partial charge in [0.2, 0.25) is 0 Å². The van der Waals surface area contributed by atoms with Crippen molar-refractivity contribution in [2.45, 2.75) is 12.5 Å². The van der Waals surface area contributed by atoms with Crippen LogP contribution >= 0.6 is 28.3 Å². The molecule has 0 amide bonds. The van der Waals surface area contributed by atoms with E-state index in [2.05, 4.69) is 15.9 Å². The van der Waals surface area contributed by atoms with Crippen LogP contribution in [-0.4, -0.2) is 6.54 Å². The summed E-state index contributed by atoms with van der Waals surface area (Å²) in [6.07, 6.45) is 0.822. The second-order valence-electron chi connectivity index (χ2n) is 2.71. The fourth-order valence-electron chi connectivity index (χ4n) is 1.11. The summed E-state index contributed by atoms with van der Waals surface area (Å²) < 4.78 is 1.06. The highest BCUT2D eigenvalue weighted by atomic mass is 79.9. The quantitative estimate of drug-likeness (QED) is 0.880. The third-order valence-electron chi connectivity index (χ3n) is 1.78. The first-order valence-electron chi connectivity index (χ1n) is 3.95. The fraction of sp³-hybridized carbons (Fsp3) is 0.333. The molecule has 0 unspecified atom stereocenters. The lowest BCUT2D eigenvalue weighted by Gasteiger charge is -2.11. The standard InChI is InChI=1S/C9H13BrN2.ClH/c10-8-4-2-1-3-7(8)9(12)5-6-11;/h1-4,9H,5-6,11-12H2;1H/t9-;/m0./s1. The molecule has 1 aromatic carbocycles. The molecule has 0 saturated heterocycles. The number of benzene rings is 1. The summed E-state index contributed by atoms with van der Waals surface area (Å²) in [5.74, 6) is 0. The first-order valence-corrected chi connectivity index (χ1v) is 4.75. The summed E-state index contributed by atoms with van der Waals surface area (Å²) in [7, 11) is 0. The molecule has 1 rings (SSSR count). The molecule has 0 aliphatic rings. The zero-order valence-electron chi connectivity index (χ0n) is 7.24. The average Bonchev–Trinajstić information content (AvgIpc) is 2.05. The molecule has 0 spiro atoms. The Morgan fingerprint density at radius 1 is 1.31 bits per heavy atom. The predicted octanol–water partition coefficient (Wildman–Crippen LogP) is 2.22. The minimum Gasteiger partial charge on any atom is -0.330 e. The van der Waals surface area contributed by atoms with Crippen molar-refractivity contribution in [1.82, 2.24) is 0 Å². The average molecular weight is 266 g/mol. The minimum atomic E-state index is 0. The van der Waals surface area contributed by atoms with Crippen molar-refractivity contribution < 1.29 is 0 Å². The van der Waals surface area contributed by atoms with Crippen LogP contribution in [0.5, 0.6) is 0 Å². The molecule has 0 aromatic heterocycles. The van der Waals surface area contributed by atoms with E-state index in [1.807, 2.05) is 24.3 Å². The minimum absolute atomic E-state index is 0. The molecular weight excluding hydrogens is 251 g/mol. The van der Waals surface area contributed by atoms with E-state index in [1.165, 1.54) is 0 Å². The summed E-state index contributed by atoms with van der Waals surface area (Å²) >= 11 is 3.45. The maximum Gasteiger partial charge on any atom is 0.0318 e. The Bertz CT molecular complexity index is 255. The Kier molecular flexibility index (Phi) is 6.33. The molecule has 13 heavy (non-hydrogen) atoms. The summed E-state index contributed by atoms with van der Waals surface area (Å²) in [4.78, 5) is 0. The van der Waals surface area contributed by atoms with Gasteiger partial charge in [-0.2, -0.15) is 0 Å². The van der Waals surface area contributed by atoms with Gasteiger partial charge in [0.25, 0.3) is 0 Å². The molecule has 1 aromatic rings. The van der Waals surface area contributed by atoms with Crippen LogP contribution in [0.15, 0.2) is 28.7 Å². The van der Waals surface area contributed by atoms with Gasteiger partial charge in [0.15, 0.2) is 0 Å². The van der Waals surface area contributed by atoms with Gasteiger partial charge in [-0.25, -0.2) is 0 Å². The van der Waals surface area contributed by atoms with Gasteiger partial charge < -0.3 is 11.5 Å². The SMILES string of the molecule is Cl.NCC[C@H](N)c1ccccc1Br. The van der Waals surface area contributed by atoms with Crippen LogP contribution in [0.1, 0.15) is 18.0 Å². The maximum absolute atomic E-state index is 5.90. The largest absolute Gasteiger partial charge is 0.330 e. The van der Waals surface area contributed by atoms with Crippen LogP contribution < -0.4 is 11.5 Å². The summed E-state index contributed by atoms with van der Waals surface area (Å²) in [6, 6.07) is 8.01. The molecule has 0 aliphatic carbocycles. The second kappa shape index (κ2) is 6.38. The van der Waals surface area contributed by atoms with E-state index >= 15 is 0 Å². The van der Waals surface area contributed by atoms with E-state index in [9.17, 15) is 0 Å². The predicted molar refractivity (Wildman–Crippen MR) is 62.0 cm³/mol.